The van der Waals surface area contributed by atoms with E-state index >= 15 is 0 Å². The Morgan fingerprint density at radius 2 is 1.69 bits per heavy atom. The van der Waals surface area contributed by atoms with Crippen molar-refractivity contribution < 1.29 is 5.11 Å². The summed E-state index contributed by atoms with van der Waals surface area (Å²) in [6.07, 6.45) is 17.7. The summed E-state index contributed by atoms with van der Waals surface area (Å²) in [6.45, 7) is 17.4. The van der Waals surface area contributed by atoms with Crippen molar-refractivity contribution in [3.8, 4) is 0 Å². The van der Waals surface area contributed by atoms with Crippen LogP contribution in [-0.4, -0.2) is 11.2 Å². The molecule has 1 nitrogen and oxygen atoms in total. The maximum absolute atomic E-state index is 10.6. The van der Waals surface area contributed by atoms with Crippen LogP contribution in [0.3, 0.4) is 0 Å². The molecule has 0 saturated heterocycles. The van der Waals surface area contributed by atoms with Crippen molar-refractivity contribution in [2.45, 2.75) is 125 Å². The summed E-state index contributed by atoms with van der Waals surface area (Å²) >= 11 is 0. The van der Waals surface area contributed by atoms with Crippen LogP contribution in [0.25, 0.3) is 0 Å². The highest BCUT2D eigenvalue weighted by Gasteiger charge is 2.81. The van der Waals surface area contributed by atoms with Gasteiger partial charge in [0.2, 0.25) is 0 Å². The molecule has 0 aromatic heterocycles. The van der Waals surface area contributed by atoms with E-state index in [4.69, 9.17) is 0 Å². The smallest absolute Gasteiger partial charge is 0.0568 e. The molecule has 0 bridgehead atoms. The Kier molecular flexibility index (Phi) is 5.57. The van der Waals surface area contributed by atoms with Crippen LogP contribution in [0.4, 0.5) is 0 Å². The van der Waals surface area contributed by atoms with E-state index in [0.29, 0.717) is 33.5 Å². The number of aliphatic hydroxyl groups excluding tert-OH is 1. The molecule has 10 atom stereocenters. The number of aliphatic hydroxyl groups is 1. The predicted molar refractivity (Wildman–Crippen MR) is 135 cm³/mol. The van der Waals surface area contributed by atoms with Gasteiger partial charge in [-0.05, 0) is 135 Å². The van der Waals surface area contributed by atoms with E-state index < -0.39 is 0 Å². The van der Waals surface area contributed by atoms with E-state index in [1.807, 2.05) is 0 Å². The average molecular weight is 441 g/mol. The third-order valence-electron chi connectivity index (χ3n) is 13.4. The first-order valence-electron chi connectivity index (χ1n) is 14.4. The lowest BCUT2D eigenvalue weighted by Gasteiger charge is -2.62. The van der Waals surface area contributed by atoms with Gasteiger partial charge < -0.3 is 5.11 Å². The number of rotatable bonds is 5. The molecule has 0 heterocycles. The molecule has 2 spiro atoms. The minimum Gasteiger partial charge on any atom is -0.393 e. The number of allylic oxidation sites excluding steroid dienone is 2. The molecule has 0 unspecified atom stereocenters. The minimum atomic E-state index is -0.0334. The SMILES string of the molecule is C/C=C(/CC[C@@H](C)[C@H]1CC[C@@]2(C)[C@@H]3CC[C@H]4[C@H](C)[C@@H](O)CC[C@@]45C[C@@]35CC[C@]12C)C(C)C. The Bertz CT molecular complexity index is 766. The van der Waals surface area contributed by atoms with Gasteiger partial charge in [0.15, 0.2) is 0 Å². The van der Waals surface area contributed by atoms with Gasteiger partial charge in [-0.1, -0.05) is 53.2 Å². The molecule has 5 aliphatic rings. The zero-order valence-electron chi connectivity index (χ0n) is 22.3. The molecule has 0 aromatic rings. The van der Waals surface area contributed by atoms with Gasteiger partial charge in [-0.2, -0.15) is 0 Å². The Hall–Kier alpha value is -0.300. The second kappa shape index (κ2) is 7.60. The van der Waals surface area contributed by atoms with E-state index in [-0.39, 0.29) is 6.10 Å². The van der Waals surface area contributed by atoms with Crippen molar-refractivity contribution in [1.29, 1.82) is 0 Å². The summed E-state index contributed by atoms with van der Waals surface area (Å²) < 4.78 is 0. The average Bonchev–Trinajstić information content (AvgIpc) is 3.33. The Morgan fingerprint density at radius 3 is 2.38 bits per heavy atom. The molecule has 1 heteroatoms. The summed E-state index contributed by atoms with van der Waals surface area (Å²) in [7, 11) is 0. The summed E-state index contributed by atoms with van der Waals surface area (Å²) in [4.78, 5) is 0. The maximum Gasteiger partial charge on any atom is 0.0568 e. The number of hydrogen-bond acceptors (Lipinski definition) is 1. The van der Waals surface area contributed by atoms with Crippen LogP contribution in [0.1, 0.15) is 119 Å². The van der Waals surface area contributed by atoms with Crippen LogP contribution in [0.15, 0.2) is 11.6 Å². The van der Waals surface area contributed by atoms with Gasteiger partial charge in [0.25, 0.3) is 0 Å². The van der Waals surface area contributed by atoms with Gasteiger partial charge in [-0.3, -0.25) is 0 Å². The fourth-order valence-electron chi connectivity index (χ4n) is 11.3. The first-order chi connectivity index (χ1) is 15.1. The molecule has 0 aliphatic heterocycles. The molecule has 0 aromatic carbocycles. The van der Waals surface area contributed by atoms with Crippen LogP contribution >= 0.6 is 0 Å². The Labute approximate surface area is 199 Å². The topological polar surface area (TPSA) is 20.2 Å². The van der Waals surface area contributed by atoms with Gasteiger partial charge in [0, 0.05) is 0 Å². The molecule has 0 amide bonds. The van der Waals surface area contributed by atoms with Gasteiger partial charge >= 0.3 is 0 Å². The van der Waals surface area contributed by atoms with E-state index in [2.05, 4.69) is 54.5 Å². The van der Waals surface area contributed by atoms with Crippen LogP contribution in [0, 0.1) is 57.2 Å². The number of hydrogen-bond donors (Lipinski definition) is 1. The quantitative estimate of drug-likeness (QED) is 0.425. The van der Waals surface area contributed by atoms with Crippen LogP contribution < -0.4 is 0 Å². The summed E-state index contributed by atoms with van der Waals surface area (Å²) in [5.41, 5.74) is 4.00. The number of fused-ring (bicyclic) bond motifs is 2. The molecule has 1 N–H and O–H groups in total. The lowest BCUT2D eigenvalue weighted by Crippen LogP contribution is -2.55. The second-order valence-electron chi connectivity index (χ2n) is 14.2. The van der Waals surface area contributed by atoms with Crippen LogP contribution in [0.5, 0.6) is 0 Å². The molecule has 5 saturated carbocycles. The largest absolute Gasteiger partial charge is 0.393 e. The molecule has 5 fully saturated rings. The molecular formula is C31H52O. The van der Waals surface area contributed by atoms with E-state index in [9.17, 15) is 5.11 Å². The highest BCUT2D eigenvalue weighted by atomic mass is 16.3. The first-order valence-corrected chi connectivity index (χ1v) is 14.4. The molecule has 5 rings (SSSR count). The Balaban J connectivity index is 1.36. The highest BCUT2D eigenvalue weighted by Crippen LogP contribution is 2.88. The van der Waals surface area contributed by atoms with Crippen molar-refractivity contribution in [2.75, 3.05) is 0 Å². The van der Waals surface area contributed by atoms with E-state index in [1.54, 1.807) is 5.57 Å². The fraction of sp³-hybridized carbons (Fsp3) is 0.935. The van der Waals surface area contributed by atoms with Gasteiger partial charge in [-0.25, -0.2) is 0 Å². The van der Waals surface area contributed by atoms with Crippen molar-refractivity contribution >= 4 is 0 Å². The molecule has 5 aliphatic carbocycles. The minimum absolute atomic E-state index is 0.0334. The monoisotopic (exact) mass is 440 g/mol. The molecule has 32 heavy (non-hydrogen) atoms. The maximum atomic E-state index is 10.6. The highest BCUT2D eigenvalue weighted by molar-refractivity contribution is 5.29. The lowest BCUT2D eigenvalue weighted by molar-refractivity contribution is -0.142. The first kappa shape index (κ1) is 23.4. The van der Waals surface area contributed by atoms with Crippen molar-refractivity contribution in [3.05, 3.63) is 11.6 Å². The predicted octanol–water partition coefficient (Wildman–Crippen LogP) is 8.41. The third kappa shape index (κ3) is 2.85. The lowest BCUT2D eigenvalue weighted by atomic mass is 9.43. The van der Waals surface area contributed by atoms with Crippen molar-refractivity contribution in [1.82, 2.24) is 0 Å². The van der Waals surface area contributed by atoms with Gasteiger partial charge in [0.05, 0.1) is 6.10 Å². The zero-order chi connectivity index (χ0) is 23.1. The Morgan fingerprint density at radius 1 is 0.938 bits per heavy atom. The van der Waals surface area contributed by atoms with Gasteiger partial charge in [-0.15, -0.1) is 0 Å². The molecule has 0 radical (unpaired) electrons. The van der Waals surface area contributed by atoms with Crippen LogP contribution in [0.2, 0.25) is 0 Å². The summed E-state index contributed by atoms with van der Waals surface area (Å²) in [5.74, 6) is 4.74. The molecule has 182 valence electrons. The van der Waals surface area contributed by atoms with Crippen molar-refractivity contribution in [2.24, 2.45) is 57.2 Å². The van der Waals surface area contributed by atoms with Crippen LogP contribution in [-0.2, 0) is 0 Å². The third-order valence-corrected chi connectivity index (χ3v) is 13.4. The van der Waals surface area contributed by atoms with E-state index in [0.717, 1.165) is 30.1 Å². The summed E-state index contributed by atoms with van der Waals surface area (Å²) in [5, 5.41) is 10.6. The zero-order valence-corrected chi connectivity index (χ0v) is 22.3. The van der Waals surface area contributed by atoms with Gasteiger partial charge in [0.1, 0.15) is 0 Å². The molecular weight excluding hydrogens is 388 g/mol. The normalized spacial score (nSPS) is 53.3. The standard InChI is InChI=1S/C31H52O/c1-8-23(20(2)3)10-9-21(4)24-13-15-29(7)27-12-11-25-22(5)26(32)14-16-30(25)19-31(27,30)18-17-28(24,29)6/h8,20-22,24-27,32H,9-19H2,1-7H3/b23-8-/t21-,22+,24-,25+,26+,27+,28-,29+,30-,31+/m1/s1. The second-order valence-corrected chi connectivity index (χ2v) is 14.2. The summed E-state index contributed by atoms with van der Waals surface area (Å²) in [6, 6.07) is 0. The van der Waals surface area contributed by atoms with E-state index in [1.165, 1.54) is 64.2 Å². The van der Waals surface area contributed by atoms with Crippen molar-refractivity contribution in [3.63, 3.8) is 0 Å². The fourth-order valence-corrected chi connectivity index (χ4v) is 11.3.